The van der Waals surface area contributed by atoms with Gasteiger partial charge in [-0.05, 0) is 6.42 Å². The average Bonchev–Trinajstić information content (AvgIpc) is 1.87. The third-order valence-electron chi connectivity index (χ3n) is 0.967. The molecule has 0 aliphatic carbocycles. The molecular formula is C7H18O2P+. The van der Waals surface area contributed by atoms with Gasteiger partial charge in [-0.25, -0.2) is 4.52 Å². The van der Waals surface area contributed by atoms with E-state index in [2.05, 4.69) is 20.3 Å². The van der Waals surface area contributed by atoms with Crippen molar-refractivity contribution in [3.63, 3.8) is 0 Å². The third kappa shape index (κ3) is 8.35. The van der Waals surface area contributed by atoms with Crippen molar-refractivity contribution in [1.82, 2.24) is 0 Å². The molecule has 0 amide bonds. The van der Waals surface area contributed by atoms with Crippen LogP contribution in [0.5, 0.6) is 0 Å². The van der Waals surface area contributed by atoms with Gasteiger partial charge < -0.3 is 4.74 Å². The fraction of sp³-hybridized carbons (Fsp3) is 1.00. The first-order valence-electron chi connectivity index (χ1n) is 3.78. The van der Waals surface area contributed by atoms with Crippen molar-refractivity contribution in [3.8, 4) is 0 Å². The van der Waals surface area contributed by atoms with Gasteiger partial charge in [0, 0.05) is 6.61 Å². The van der Waals surface area contributed by atoms with Crippen LogP contribution in [0.1, 0.15) is 13.3 Å². The summed E-state index contributed by atoms with van der Waals surface area (Å²) in [5.74, 6) is 0. The van der Waals surface area contributed by atoms with Gasteiger partial charge in [0.25, 0.3) is 0 Å². The number of rotatable bonds is 6. The minimum Gasteiger partial charge on any atom is -0.379 e. The summed E-state index contributed by atoms with van der Waals surface area (Å²) in [4.78, 5) is 0. The Morgan fingerprint density at radius 3 is 2.30 bits per heavy atom. The lowest BCUT2D eigenvalue weighted by atomic mass is 10.5. The monoisotopic (exact) mass is 165 g/mol. The molecule has 0 aliphatic heterocycles. The van der Waals surface area contributed by atoms with E-state index < -0.39 is 8.15 Å². The molecule has 0 saturated carbocycles. The van der Waals surface area contributed by atoms with E-state index in [0.717, 1.165) is 26.2 Å². The molecule has 2 nitrogen and oxygen atoms in total. The Kier molecular flexibility index (Phi) is 7.72. The Bertz CT molecular complexity index is 66.6. The van der Waals surface area contributed by atoms with E-state index >= 15 is 0 Å². The summed E-state index contributed by atoms with van der Waals surface area (Å²) in [6, 6.07) is 0. The molecule has 0 atom stereocenters. The van der Waals surface area contributed by atoms with Gasteiger partial charge in [0.2, 0.25) is 0 Å². The molecule has 0 bridgehead atoms. The van der Waals surface area contributed by atoms with Crippen molar-refractivity contribution in [1.29, 1.82) is 0 Å². The zero-order valence-electron chi connectivity index (χ0n) is 7.14. The maximum absolute atomic E-state index is 5.37. The summed E-state index contributed by atoms with van der Waals surface area (Å²) in [7, 11) is -0.502. The van der Waals surface area contributed by atoms with Gasteiger partial charge in [-0.15, -0.1) is 0 Å². The molecule has 0 unspecified atom stereocenters. The molecule has 0 aromatic heterocycles. The van der Waals surface area contributed by atoms with E-state index in [9.17, 15) is 0 Å². The summed E-state index contributed by atoms with van der Waals surface area (Å²) >= 11 is 0. The molecule has 0 aromatic rings. The largest absolute Gasteiger partial charge is 0.379 e. The number of hydrogen-bond donors (Lipinski definition) is 0. The second-order valence-corrected chi connectivity index (χ2v) is 4.47. The van der Waals surface area contributed by atoms with E-state index in [1.807, 2.05) is 0 Å². The molecule has 0 spiro atoms. The van der Waals surface area contributed by atoms with Gasteiger partial charge in [-0.3, -0.25) is 0 Å². The van der Waals surface area contributed by atoms with Crippen LogP contribution < -0.4 is 0 Å². The highest BCUT2D eigenvalue weighted by atomic mass is 31.1. The highest BCUT2D eigenvalue weighted by molar-refractivity contribution is 7.50. The molecule has 10 heavy (non-hydrogen) atoms. The van der Waals surface area contributed by atoms with Crippen LogP contribution in [0.4, 0.5) is 0 Å². The lowest BCUT2D eigenvalue weighted by molar-refractivity contribution is 0.105. The van der Waals surface area contributed by atoms with Crippen molar-refractivity contribution in [2.75, 3.05) is 33.2 Å². The van der Waals surface area contributed by atoms with Crippen LogP contribution in [0.3, 0.4) is 0 Å². The lowest BCUT2D eigenvalue weighted by Crippen LogP contribution is -2.01. The van der Waals surface area contributed by atoms with E-state index in [1.54, 1.807) is 0 Å². The van der Waals surface area contributed by atoms with Crippen LogP contribution in [-0.4, -0.2) is 33.2 Å². The molecule has 0 rings (SSSR count). The Balaban J connectivity index is 2.77. The van der Waals surface area contributed by atoms with Gasteiger partial charge in [-0.1, -0.05) is 6.92 Å². The van der Waals surface area contributed by atoms with Gasteiger partial charge >= 0.3 is 0 Å². The Morgan fingerprint density at radius 2 is 1.80 bits per heavy atom. The van der Waals surface area contributed by atoms with Gasteiger partial charge in [0.15, 0.2) is 0 Å². The Labute approximate surface area is 64.7 Å². The minimum absolute atomic E-state index is 0.502. The van der Waals surface area contributed by atoms with Gasteiger partial charge in [0.1, 0.15) is 14.8 Å². The Hall–Kier alpha value is 0.350. The number of hydrogen-bond acceptors (Lipinski definition) is 2. The Morgan fingerprint density at radius 1 is 1.10 bits per heavy atom. The number of ether oxygens (including phenoxy) is 1. The molecule has 0 radical (unpaired) electrons. The van der Waals surface area contributed by atoms with Crippen molar-refractivity contribution in [2.24, 2.45) is 0 Å². The van der Waals surface area contributed by atoms with E-state index in [4.69, 9.17) is 9.26 Å². The third-order valence-corrected chi connectivity index (χ3v) is 1.75. The maximum Gasteiger partial charge on any atom is 0.127 e. The van der Waals surface area contributed by atoms with E-state index in [0.29, 0.717) is 0 Å². The summed E-state index contributed by atoms with van der Waals surface area (Å²) in [6.07, 6.45) is 1.09. The van der Waals surface area contributed by atoms with E-state index in [1.165, 1.54) is 0 Å². The van der Waals surface area contributed by atoms with Crippen LogP contribution in [0.2, 0.25) is 0 Å². The van der Waals surface area contributed by atoms with Crippen LogP contribution in [-0.2, 0) is 9.26 Å². The van der Waals surface area contributed by atoms with Crippen molar-refractivity contribution < 1.29 is 9.26 Å². The first kappa shape index (κ1) is 10.3. The fourth-order valence-electron chi connectivity index (χ4n) is 0.551. The van der Waals surface area contributed by atoms with Gasteiger partial charge in [-0.2, -0.15) is 0 Å². The summed E-state index contributed by atoms with van der Waals surface area (Å²) in [5, 5.41) is 0. The van der Waals surface area contributed by atoms with Crippen LogP contribution >= 0.6 is 8.15 Å². The molecular weight excluding hydrogens is 147 g/mol. The smallest absolute Gasteiger partial charge is 0.127 e. The van der Waals surface area contributed by atoms with Crippen molar-refractivity contribution in [2.45, 2.75) is 13.3 Å². The second kappa shape index (κ2) is 7.46. The van der Waals surface area contributed by atoms with Crippen LogP contribution in [0.15, 0.2) is 0 Å². The summed E-state index contributed by atoms with van der Waals surface area (Å²) < 4.78 is 10.6. The highest BCUT2D eigenvalue weighted by Crippen LogP contribution is 2.24. The molecule has 0 saturated heterocycles. The first-order valence-corrected chi connectivity index (χ1v) is 6.19. The SMILES string of the molecule is CCCOCCO[PH+](C)C. The standard InChI is InChI=1S/C7H17O2P/c1-4-5-8-6-7-9-10(2)3/h4-7H2,1-3H3/p+1. The van der Waals surface area contributed by atoms with Gasteiger partial charge in [0.05, 0.1) is 19.9 Å². The molecule has 0 N–H and O–H groups in total. The van der Waals surface area contributed by atoms with Crippen molar-refractivity contribution >= 4 is 8.15 Å². The predicted molar refractivity (Wildman–Crippen MR) is 47.2 cm³/mol. The van der Waals surface area contributed by atoms with E-state index in [-0.39, 0.29) is 0 Å². The molecule has 0 aromatic carbocycles. The van der Waals surface area contributed by atoms with Crippen LogP contribution in [0.25, 0.3) is 0 Å². The fourth-order valence-corrected chi connectivity index (χ4v) is 1.04. The second-order valence-electron chi connectivity index (χ2n) is 2.37. The molecule has 62 valence electrons. The summed E-state index contributed by atoms with van der Waals surface area (Å²) in [6.45, 7) is 8.74. The molecule has 3 heteroatoms. The zero-order valence-corrected chi connectivity index (χ0v) is 8.14. The summed E-state index contributed by atoms with van der Waals surface area (Å²) in [5.41, 5.74) is 0. The highest BCUT2D eigenvalue weighted by Gasteiger charge is 1.98. The first-order chi connectivity index (χ1) is 4.77. The zero-order chi connectivity index (χ0) is 7.82. The maximum atomic E-state index is 5.37. The molecule has 0 heterocycles. The molecule has 0 fully saturated rings. The normalized spacial score (nSPS) is 10.8. The van der Waals surface area contributed by atoms with Crippen LogP contribution in [0, 0.1) is 0 Å². The lowest BCUT2D eigenvalue weighted by Gasteiger charge is -2.01. The predicted octanol–water partition coefficient (Wildman–Crippen LogP) is 1.82. The molecule has 0 aliphatic rings. The van der Waals surface area contributed by atoms with Crippen molar-refractivity contribution in [3.05, 3.63) is 0 Å². The minimum atomic E-state index is -0.502. The quantitative estimate of drug-likeness (QED) is 0.441. The average molecular weight is 165 g/mol. The topological polar surface area (TPSA) is 18.5 Å².